The van der Waals surface area contributed by atoms with E-state index in [0.717, 1.165) is 0 Å². The van der Waals surface area contributed by atoms with Crippen LogP contribution < -0.4 is 5.32 Å². The van der Waals surface area contributed by atoms with Crippen LogP contribution in [0.3, 0.4) is 0 Å². The highest BCUT2D eigenvalue weighted by Gasteiger charge is 2.05. The lowest BCUT2D eigenvalue weighted by atomic mass is 10.3. The molecule has 5 heteroatoms. The minimum Gasteiger partial charge on any atom is -0.478 e. The summed E-state index contributed by atoms with van der Waals surface area (Å²) < 4.78 is 5.25. The van der Waals surface area contributed by atoms with Crippen LogP contribution >= 0.6 is 0 Å². The summed E-state index contributed by atoms with van der Waals surface area (Å²) in [6.45, 7) is 5.19. The zero-order valence-corrected chi connectivity index (χ0v) is 9.43. The molecular weight excluding hydrogens is 208 g/mol. The van der Waals surface area contributed by atoms with Crippen LogP contribution in [0.25, 0.3) is 0 Å². The Labute approximate surface area is 94.5 Å². The molecular formula is C11H16N2O3. The van der Waals surface area contributed by atoms with E-state index in [9.17, 15) is 4.79 Å². The number of nitrogens with zero attached hydrogens (tertiary/aromatic N) is 1. The molecule has 5 nitrogen and oxygen atoms in total. The Kier molecular flexibility index (Phi) is 4.72. The van der Waals surface area contributed by atoms with Gasteiger partial charge in [0.05, 0.1) is 12.2 Å². The van der Waals surface area contributed by atoms with Crippen molar-refractivity contribution in [1.29, 1.82) is 0 Å². The van der Waals surface area contributed by atoms with Crippen molar-refractivity contribution in [2.24, 2.45) is 0 Å². The third kappa shape index (κ3) is 3.86. The summed E-state index contributed by atoms with van der Waals surface area (Å²) in [6, 6.07) is 3.31. The van der Waals surface area contributed by atoms with Gasteiger partial charge in [0, 0.05) is 18.8 Å². The Morgan fingerprint density at radius 3 is 2.88 bits per heavy atom. The highest BCUT2D eigenvalue weighted by atomic mass is 16.5. The summed E-state index contributed by atoms with van der Waals surface area (Å²) in [5.41, 5.74) is 0.183. The van der Waals surface area contributed by atoms with Crippen molar-refractivity contribution < 1.29 is 14.6 Å². The van der Waals surface area contributed by atoms with Crippen LogP contribution in [0.2, 0.25) is 0 Å². The first-order valence-electron chi connectivity index (χ1n) is 5.17. The van der Waals surface area contributed by atoms with Crippen LogP contribution in [0.1, 0.15) is 24.2 Å². The van der Waals surface area contributed by atoms with Gasteiger partial charge in [-0.1, -0.05) is 0 Å². The second-order valence-corrected chi connectivity index (χ2v) is 3.44. The average Bonchev–Trinajstić information content (AvgIpc) is 2.27. The zero-order valence-electron chi connectivity index (χ0n) is 9.43. The first-order chi connectivity index (χ1) is 7.63. The van der Waals surface area contributed by atoms with Crippen molar-refractivity contribution in [1.82, 2.24) is 4.98 Å². The molecule has 0 amide bonds. The fourth-order valence-corrected chi connectivity index (χ4v) is 1.19. The van der Waals surface area contributed by atoms with E-state index in [1.165, 1.54) is 12.3 Å². The number of aromatic carboxylic acids is 1. The summed E-state index contributed by atoms with van der Waals surface area (Å²) in [7, 11) is 0. The molecule has 0 aliphatic heterocycles. The fraction of sp³-hybridized carbons (Fsp3) is 0.455. The molecule has 1 atom stereocenters. The summed E-state index contributed by atoms with van der Waals surface area (Å²) in [4.78, 5) is 14.6. The number of carboxylic acid groups (broad SMARTS) is 1. The summed E-state index contributed by atoms with van der Waals surface area (Å²) in [6.07, 6.45) is 1.33. The van der Waals surface area contributed by atoms with Crippen molar-refractivity contribution in [2.45, 2.75) is 19.9 Å². The molecule has 1 aromatic rings. The minimum atomic E-state index is -0.971. The van der Waals surface area contributed by atoms with Gasteiger partial charge in [0.2, 0.25) is 0 Å². The second kappa shape index (κ2) is 6.07. The smallest absolute Gasteiger partial charge is 0.337 e. The first kappa shape index (κ1) is 12.4. The molecule has 0 saturated carbocycles. The Hall–Kier alpha value is -1.62. The monoisotopic (exact) mass is 224 g/mol. The summed E-state index contributed by atoms with van der Waals surface area (Å²) >= 11 is 0. The molecule has 0 radical (unpaired) electrons. The SMILES string of the molecule is CCOCC(C)Nc1ccc(C(=O)O)cn1. The Balaban J connectivity index is 2.51. The normalized spacial score (nSPS) is 12.1. The van der Waals surface area contributed by atoms with Crippen LogP contribution in [0.5, 0.6) is 0 Å². The highest BCUT2D eigenvalue weighted by molar-refractivity contribution is 5.87. The number of hydrogen-bond donors (Lipinski definition) is 2. The van der Waals surface area contributed by atoms with Gasteiger partial charge >= 0.3 is 5.97 Å². The lowest BCUT2D eigenvalue weighted by Gasteiger charge is -2.13. The lowest BCUT2D eigenvalue weighted by Crippen LogP contribution is -2.22. The summed E-state index contributed by atoms with van der Waals surface area (Å²) in [5, 5.41) is 11.8. The number of hydrogen-bond acceptors (Lipinski definition) is 4. The van der Waals surface area contributed by atoms with Crippen molar-refractivity contribution in [3.63, 3.8) is 0 Å². The van der Waals surface area contributed by atoms with Crippen molar-refractivity contribution in [2.75, 3.05) is 18.5 Å². The van der Waals surface area contributed by atoms with E-state index in [2.05, 4.69) is 10.3 Å². The van der Waals surface area contributed by atoms with Crippen molar-refractivity contribution in [3.05, 3.63) is 23.9 Å². The molecule has 0 aliphatic rings. The molecule has 2 N–H and O–H groups in total. The number of carbonyl (C=O) groups is 1. The average molecular weight is 224 g/mol. The number of carboxylic acids is 1. The first-order valence-corrected chi connectivity index (χ1v) is 5.17. The molecule has 1 unspecified atom stereocenters. The summed E-state index contributed by atoms with van der Waals surface area (Å²) in [5.74, 6) is -0.321. The molecule has 0 fully saturated rings. The van der Waals surface area contributed by atoms with Gasteiger partial charge < -0.3 is 15.2 Å². The number of pyridine rings is 1. The number of rotatable bonds is 6. The number of ether oxygens (including phenoxy) is 1. The van der Waals surface area contributed by atoms with E-state index in [1.54, 1.807) is 6.07 Å². The number of aromatic nitrogens is 1. The predicted molar refractivity (Wildman–Crippen MR) is 60.8 cm³/mol. The van der Waals surface area contributed by atoms with Gasteiger partial charge in [0.15, 0.2) is 0 Å². The van der Waals surface area contributed by atoms with Crippen LogP contribution in [0.15, 0.2) is 18.3 Å². The van der Waals surface area contributed by atoms with Crippen molar-refractivity contribution >= 4 is 11.8 Å². The van der Waals surface area contributed by atoms with E-state index in [0.29, 0.717) is 19.0 Å². The van der Waals surface area contributed by atoms with Gasteiger partial charge in [-0.2, -0.15) is 0 Å². The van der Waals surface area contributed by atoms with Gasteiger partial charge in [-0.3, -0.25) is 0 Å². The molecule has 0 saturated heterocycles. The maximum absolute atomic E-state index is 10.6. The molecule has 1 aromatic heterocycles. The van der Waals surface area contributed by atoms with Gasteiger partial charge in [0.25, 0.3) is 0 Å². The molecule has 0 aliphatic carbocycles. The van der Waals surface area contributed by atoms with Crippen LogP contribution in [-0.2, 0) is 4.74 Å². The fourth-order valence-electron chi connectivity index (χ4n) is 1.19. The van der Waals surface area contributed by atoms with E-state index in [4.69, 9.17) is 9.84 Å². The van der Waals surface area contributed by atoms with Crippen molar-refractivity contribution in [3.8, 4) is 0 Å². The zero-order chi connectivity index (χ0) is 12.0. The van der Waals surface area contributed by atoms with Crippen LogP contribution in [-0.4, -0.2) is 35.3 Å². The minimum absolute atomic E-state index is 0.142. The quantitative estimate of drug-likeness (QED) is 0.768. The molecule has 0 spiro atoms. The number of nitrogens with one attached hydrogen (secondary N) is 1. The number of anilines is 1. The van der Waals surface area contributed by atoms with Crippen LogP contribution in [0.4, 0.5) is 5.82 Å². The lowest BCUT2D eigenvalue weighted by molar-refractivity contribution is 0.0696. The predicted octanol–water partition coefficient (Wildman–Crippen LogP) is 1.62. The topological polar surface area (TPSA) is 71.5 Å². The third-order valence-corrected chi connectivity index (χ3v) is 1.98. The molecule has 88 valence electrons. The highest BCUT2D eigenvalue weighted by Crippen LogP contribution is 2.06. The maximum Gasteiger partial charge on any atom is 0.337 e. The molecule has 16 heavy (non-hydrogen) atoms. The van der Waals surface area contributed by atoms with Crippen LogP contribution in [0, 0.1) is 0 Å². The van der Waals surface area contributed by atoms with Gasteiger partial charge in [-0.05, 0) is 26.0 Å². The molecule has 0 bridgehead atoms. The van der Waals surface area contributed by atoms with E-state index in [-0.39, 0.29) is 11.6 Å². The van der Waals surface area contributed by atoms with E-state index in [1.807, 2.05) is 13.8 Å². The largest absolute Gasteiger partial charge is 0.478 e. The molecule has 1 heterocycles. The Bertz CT molecular complexity index is 338. The Morgan fingerprint density at radius 1 is 1.62 bits per heavy atom. The molecule has 1 rings (SSSR count). The van der Waals surface area contributed by atoms with Gasteiger partial charge in [-0.15, -0.1) is 0 Å². The van der Waals surface area contributed by atoms with Gasteiger partial charge in [-0.25, -0.2) is 9.78 Å². The van der Waals surface area contributed by atoms with E-state index >= 15 is 0 Å². The third-order valence-electron chi connectivity index (χ3n) is 1.98. The van der Waals surface area contributed by atoms with E-state index < -0.39 is 5.97 Å². The molecule has 0 aromatic carbocycles. The Morgan fingerprint density at radius 2 is 2.38 bits per heavy atom. The standard InChI is InChI=1S/C11H16N2O3/c1-3-16-7-8(2)13-10-5-4-9(6-12-10)11(14)15/h4-6,8H,3,7H2,1-2H3,(H,12,13)(H,14,15). The van der Waals surface area contributed by atoms with Gasteiger partial charge in [0.1, 0.15) is 5.82 Å². The second-order valence-electron chi connectivity index (χ2n) is 3.44. The maximum atomic E-state index is 10.6.